The Balaban J connectivity index is 3.18. The fourth-order valence-electron chi connectivity index (χ4n) is 1.73. The molecule has 0 saturated heterocycles. The summed E-state index contributed by atoms with van der Waals surface area (Å²) in [5.41, 5.74) is 0.125. The van der Waals surface area contributed by atoms with Crippen LogP contribution in [0.25, 0.3) is 0 Å². The zero-order valence-electron chi connectivity index (χ0n) is 9.97. The highest BCUT2D eigenvalue weighted by Gasteiger charge is 2.31. The Hall–Kier alpha value is -0.450. The quantitative estimate of drug-likeness (QED) is 0.919. The molecule has 1 rings (SSSR count). The molecule has 0 fully saturated rings. The third-order valence-electron chi connectivity index (χ3n) is 2.78. The number of hydrogen-bond acceptors (Lipinski definition) is 2. The summed E-state index contributed by atoms with van der Waals surface area (Å²) >= 11 is 3.35. The number of hydrogen-bond donors (Lipinski definition) is 1. The van der Waals surface area contributed by atoms with Gasteiger partial charge in [0.25, 0.3) is 0 Å². The molecule has 1 aromatic carbocycles. The molecule has 0 amide bonds. The number of rotatable bonds is 4. The summed E-state index contributed by atoms with van der Waals surface area (Å²) in [6.07, 6.45) is 0. The van der Waals surface area contributed by atoms with Crippen molar-refractivity contribution in [2.75, 3.05) is 14.2 Å². The Morgan fingerprint density at radius 3 is 2.56 bits per heavy atom. The van der Waals surface area contributed by atoms with Crippen molar-refractivity contribution in [2.24, 2.45) is 0 Å². The van der Waals surface area contributed by atoms with E-state index in [1.165, 1.54) is 6.07 Å². The Kier molecular flexibility index (Phi) is 4.47. The molecule has 2 nitrogen and oxygen atoms in total. The smallest absolute Gasteiger partial charge is 0.128 e. The van der Waals surface area contributed by atoms with Gasteiger partial charge in [0.2, 0.25) is 0 Å². The lowest BCUT2D eigenvalue weighted by Crippen LogP contribution is -2.39. The van der Waals surface area contributed by atoms with Gasteiger partial charge in [0.05, 0.1) is 11.6 Å². The van der Waals surface area contributed by atoms with Crippen LogP contribution in [0.4, 0.5) is 4.39 Å². The fraction of sp³-hybridized carbons (Fsp3) is 0.500. The van der Waals surface area contributed by atoms with Crippen LogP contribution in [0, 0.1) is 5.82 Å². The second-order valence-electron chi connectivity index (χ2n) is 4.20. The molecular formula is C12H17BrFNO. The second kappa shape index (κ2) is 5.25. The third-order valence-corrected chi connectivity index (χ3v) is 3.27. The van der Waals surface area contributed by atoms with E-state index < -0.39 is 5.60 Å². The Morgan fingerprint density at radius 1 is 1.44 bits per heavy atom. The van der Waals surface area contributed by atoms with Gasteiger partial charge in [-0.25, -0.2) is 4.39 Å². The van der Waals surface area contributed by atoms with E-state index in [1.54, 1.807) is 26.3 Å². The molecule has 0 aliphatic carbocycles. The number of nitrogens with one attached hydrogen (secondary N) is 1. The van der Waals surface area contributed by atoms with E-state index in [0.29, 0.717) is 5.56 Å². The lowest BCUT2D eigenvalue weighted by atomic mass is 9.91. The monoisotopic (exact) mass is 289 g/mol. The van der Waals surface area contributed by atoms with Crippen LogP contribution >= 0.6 is 15.9 Å². The summed E-state index contributed by atoms with van der Waals surface area (Å²) in [5.74, 6) is -0.229. The molecule has 0 aliphatic rings. The van der Waals surface area contributed by atoms with Crippen LogP contribution in [0.1, 0.15) is 25.5 Å². The molecule has 0 saturated carbocycles. The van der Waals surface area contributed by atoms with Gasteiger partial charge in [0, 0.05) is 17.1 Å². The standard InChI is InChI=1S/C12H17BrFNO/c1-12(2,16-4)11(15-3)9-7-8(13)5-6-10(9)14/h5-7,11,15H,1-4H3. The summed E-state index contributed by atoms with van der Waals surface area (Å²) in [7, 11) is 3.42. The molecule has 0 radical (unpaired) electrons. The van der Waals surface area contributed by atoms with Crippen molar-refractivity contribution >= 4 is 15.9 Å². The van der Waals surface area contributed by atoms with Gasteiger partial charge in [0.15, 0.2) is 0 Å². The molecule has 1 N–H and O–H groups in total. The van der Waals surface area contributed by atoms with Crippen LogP contribution in [0.3, 0.4) is 0 Å². The van der Waals surface area contributed by atoms with Crippen LogP contribution in [0.2, 0.25) is 0 Å². The molecule has 0 bridgehead atoms. The molecule has 0 aliphatic heterocycles. The van der Waals surface area contributed by atoms with Crippen LogP contribution in [0.5, 0.6) is 0 Å². The van der Waals surface area contributed by atoms with E-state index in [0.717, 1.165) is 4.47 Å². The molecular weight excluding hydrogens is 273 g/mol. The minimum atomic E-state index is -0.476. The molecule has 16 heavy (non-hydrogen) atoms. The molecule has 0 heterocycles. The number of benzene rings is 1. The maximum Gasteiger partial charge on any atom is 0.128 e. The number of likely N-dealkylation sites (N-methyl/N-ethyl adjacent to an activating group) is 1. The first kappa shape index (κ1) is 13.6. The first-order valence-corrected chi connectivity index (χ1v) is 5.89. The van der Waals surface area contributed by atoms with Gasteiger partial charge in [0.1, 0.15) is 5.82 Å². The average Bonchev–Trinajstić information content (AvgIpc) is 2.24. The van der Waals surface area contributed by atoms with Crippen molar-refractivity contribution in [2.45, 2.75) is 25.5 Å². The van der Waals surface area contributed by atoms with Crippen molar-refractivity contribution in [3.05, 3.63) is 34.1 Å². The summed E-state index contributed by atoms with van der Waals surface area (Å²) in [4.78, 5) is 0. The summed E-state index contributed by atoms with van der Waals surface area (Å²) in [5, 5.41) is 3.09. The largest absolute Gasteiger partial charge is 0.377 e. The van der Waals surface area contributed by atoms with Crippen molar-refractivity contribution in [3.8, 4) is 0 Å². The lowest BCUT2D eigenvalue weighted by molar-refractivity contribution is -0.00993. The second-order valence-corrected chi connectivity index (χ2v) is 5.11. The molecule has 4 heteroatoms. The van der Waals surface area contributed by atoms with Crippen molar-refractivity contribution in [3.63, 3.8) is 0 Å². The van der Waals surface area contributed by atoms with Crippen LogP contribution < -0.4 is 5.32 Å². The highest BCUT2D eigenvalue weighted by molar-refractivity contribution is 9.10. The molecule has 1 unspecified atom stereocenters. The maximum atomic E-state index is 13.8. The topological polar surface area (TPSA) is 21.3 Å². The number of ether oxygens (including phenoxy) is 1. The van der Waals surface area contributed by atoms with E-state index in [-0.39, 0.29) is 11.9 Å². The van der Waals surface area contributed by atoms with Gasteiger partial charge in [-0.1, -0.05) is 15.9 Å². The predicted molar refractivity (Wildman–Crippen MR) is 67.0 cm³/mol. The Bertz CT molecular complexity index is 368. The van der Waals surface area contributed by atoms with Crippen LogP contribution in [-0.2, 0) is 4.74 Å². The van der Waals surface area contributed by atoms with Crippen molar-refractivity contribution in [1.29, 1.82) is 0 Å². The Labute approximate surface area is 104 Å². The normalized spacial score (nSPS) is 13.9. The van der Waals surface area contributed by atoms with E-state index in [4.69, 9.17) is 4.74 Å². The first-order valence-electron chi connectivity index (χ1n) is 5.09. The van der Waals surface area contributed by atoms with Gasteiger partial charge in [-0.2, -0.15) is 0 Å². The summed E-state index contributed by atoms with van der Waals surface area (Å²) in [6, 6.07) is 4.72. The van der Waals surface area contributed by atoms with Gasteiger partial charge in [-0.3, -0.25) is 0 Å². The molecule has 1 aromatic rings. The average molecular weight is 290 g/mol. The number of halogens is 2. The zero-order chi connectivity index (χ0) is 12.3. The fourth-order valence-corrected chi connectivity index (χ4v) is 2.11. The minimum absolute atomic E-state index is 0.199. The molecule has 1 atom stereocenters. The molecule has 90 valence electrons. The summed E-state index contributed by atoms with van der Waals surface area (Å²) in [6.45, 7) is 3.85. The highest BCUT2D eigenvalue weighted by atomic mass is 79.9. The Morgan fingerprint density at radius 2 is 2.06 bits per heavy atom. The minimum Gasteiger partial charge on any atom is -0.377 e. The van der Waals surface area contributed by atoms with Gasteiger partial charge >= 0.3 is 0 Å². The van der Waals surface area contributed by atoms with Crippen molar-refractivity contribution < 1.29 is 9.13 Å². The predicted octanol–water partition coefficient (Wildman–Crippen LogP) is 3.27. The highest BCUT2D eigenvalue weighted by Crippen LogP contribution is 2.31. The molecule has 0 spiro atoms. The molecule has 0 aromatic heterocycles. The van der Waals surface area contributed by atoms with Gasteiger partial charge in [-0.15, -0.1) is 0 Å². The van der Waals surface area contributed by atoms with Gasteiger partial charge in [-0.05, 0) is 39.1 Å². The van der Waals surface area contributed by atoms with E-state index in [9.17, 15) is 4.39 Å². The SMILES string of the molecule is CNC(c1cc(Br)ccc1F)C(C)(C)OC. The van der Waals surface area contributed by atoms with Gasteiger partial charge < -0.3 is 10.1 Å². The first-order chi connectivity index (χ1) is 7.42. The zero-order valence-corrected chi connectivity index (χ0v) is 11.6. The summed E-state index contributed by atoms with van der Waals surface area (Å²) < 4.78 is 20.0. The third kappa shape index (κ3) is 2.81. The van der Waals surface area contributed by atoms with Crippen LogP contribution in [0.15, 0.2) is 22.7 Å². The van der Waals surface area contributed by atoms with E-state index in [2.05, 4.69) is 21.2 Å². The lowest BCUT2D eigenvalue weighted by Gasteiger charge is -2.33. The maximum absolute atomic E-state index is 13.8. The van der Waals surface area contributed by atoms with Crippen LogP contribution in [-0.4, -0.2) is 19.8 Å². The number of methoxy groups -OCH3 is 1. The van der Waals surface area contributed by atoms with E-state index >= 15 is 0 Å². The van der Waals surface area contributed by atoms with E-state index in [1.807, 2.05) is 13.8 Å². The van der Waals surface area contributed by atoms with Crippen molar-refractivity contribution in [1.82, 2.24) is 5.32 Å².